The van der Waals surface area contributed by atoms with Crippen LogP contribution in [-0.4, -0.2) is 44.0 Å². The second-order valence-electron chi connectivity index (χ2n) is 5.44. The molecule has 2 rings (SSSR count). The summed E-state index contributed by atoms with van der Waals surface area (Å²) in [7, 11) is -0.886. The molecular formula is C14H22N2O2S. The molecule has 1 saturated heterocycles. The van der Waals surface area contributed by atoms with Crippen molar-refractivity contribution in [3.8, 4) is 0 Å². The van der Waals surface area contributed by atoms with Crippen LogP contribution in [0.15, 0.2) is 30.3 Å². The van der Waals surface area contributed by atoms with Crippen LogP contribution in [0.4, 0.5) is 0 Å². The number of rotatable bonds is 4. The fourth-order valence-corrected chi connectivity index (χ4v) is 4.67. The second-order valence-corrected chi connectivity index (χ2v) is 7.67. The quantitative estimate of drug-likeness (QED) is 0.901. The topological polar surface area (TPSA) is 63.4 Å². The number of benzene rings is 1. The average molecular weight is 282 g/mol. The minimum atomic E-state index is -2.86. The zero-order valence-corrected chi connectivity index (χ0v) is 12.3. The van der Waals surface area contributed by atoms with Crippen molar-refractivity contribution in [3.63, 3.8) is 0 Å². The number of nitrogens with two attached hydrogens (primary N) is 1. The van der Waals surface area contributed by atoms with Crippen molar-refractivity contribution in [2.24, 2.45) is 5.73 Å². The van der Waals surface area contributed by atoms with Crippen molar-refractivity contribution in [1.29, 1.82) is 0 Å². The van der Waals surface area contributed by atoms with Crippen LogP contribution in [0, 0.1) is 0 Å². The van der Waals surface area contributed by atoms with Gasteiger partial charge in [-0.2, -0.15) is 0 Å². The van der Waals surface area contributed by atoms with Gasteiger partial charge in [-0.05, 0) is 26.0 Å². The molecule has 3 unspecified atom stereocenters. The predicted molar refractivity (Wildman–Crippen MR) is 77.7 cm³/mol. The van der Waals surface area contributed by atoms with Crippen LogP contribution in [0.1, 0.15) is 24.9 Å². The molecule has 19 heavy (non-hydrogen) atoms. The average Bonchev–Trinajstić information content (AvgIpc) is 2.71. The van der Waals surface area contributed by atoms with Crippen molar-refractivity contribution in [2.45, 2.75) is 31.5 Å². The van der Waals surface area contributed by atoms with Crippen molar-refractivity contribution >= 4 is 9.84 Å². The fourth-order valence-electron chi connectivity index (χ4n) is 2.88. The first-order chi connectivity index (χ1) is 8.91. The van der Waals surface area contributed by atoms with E-state index in [2.05, 4.69) is 4.90 Å². The molecule has 1 fully saturated rings. The summed E-state index contributed by atoms with van der Waals surface area (Å²) in [6.07, 6.45) is 0.703. The Labute approximate surface area is 115 Å². The lowest BCUT2D eigenvalue weighted by Gasteiger charge is -2.35. The summed E-state index contributed by atoms with van der Waals surface area (Å²) in [6.45, 7) is 1.97. The Kier molecular flexibility index (Phi) is 4.28. The summed E-state index contributed by atoms with van der Waals surface area (Å²) < 4.78 is 23.2. The molecule has 106 valence electrons. The van der Waals surface area contributed by atoms with Gasteiger partial charge in [0, 0.05) is 18.1 Å². The van der Waals surface area contributed by atoms with E-state index in [-0.39, 0.29) is 23.9 Å². The highest BCUT2D eigenvalue weighted by Crippen LogP contribution is 2.28. The Hall–Kier alpha value is -0.910. The van der Waals surface area contributed by atoms with Crippen LogP contribution in [0.3, 0.4) is 0 Å². The zero-order chi connectivity index (χ0) is 14.0. The third-order valence-corrected chi connectivity index (χ3v) is 5.61. The van der Waals surface area contributed by atoms with Gasteiger partial charge in [-0.25, -0.2) is 8.42 Å². The number of likely N-dealkylation sites (N-methyl/N-ethyl adjacent to an activating group) is 1. The first-order valence-corrected chi connectivity index (χ1v) is 8.46. The molecular weight excluding hydrogens is 260 g/mol. The van der Waals surface area contributed by atoms with E-state index in [1.807, 2.05) is 44.3 Å². The minimum absolute atomic E-state index is 0.0456. The Morgan fingerprint density at radius 2 is 1.95 bits per heavy atom. The van der Waals surface area contributed by atoms with Crippen molar-refractivity contribution in [2.75, 3.05) is 18.6 Å². The van der Waals surface area contributed by atoms with Gasteiger partial charge in [0.15, 0.2) is 9.84 Å². The van der Waals surface area contributed by atoms with Gasteiger partial charge in [-0.15, -0.1) is 0 Å². The number of hydrogen-bond donors (Lipinski definition) is 1. The second kappa shape index (κ2) is 5.61. The van der Waals surface area contributed by atoms with Gasteiger partial charge in [0.25, 0.3) is 0 Å². The van der Waals surface area contributed by atoms with E-state index in [9.17, 15) is 8.42 Å². The maximum Gasteiger partial charge on any atom is 0.151 e. The Morgan fingerprint density at radius 1 is 1.32 bits per heavy atom. The molecule has 3 atom stereocenters. The molecule has 0 spiro atoms. The lowest BCUT2D eigenvalue weighted by atomic mass is 9.98. The highest BCUT2D eigenvalue weighted by atomic mass is 32.2. The Morgan fingerprint density at radius 3 is 2.42 bits per heavy atom. The van der Waals surface area contributed by atoms with Gasteiger partial charge in [-0.1, -0.05) is 30.3 Å². The number of sulfone groups is 1. The molecule has 0 saturated carbocycles. The highest BCUT2D eigenvalue weighted by molar-refractivity contribution is 7.91. The van der Waals surface area contributed by atoms with Crippen LogP contribution in [0.5, 0.6) is 0 Å². The minimum Gasteiger partial charge on any atom is -0.326 e. The third kappa shape index (κ3) is 3.35. The zero-order valence-electron chi connectivity index (χ0n) is 11.5. The van der Waals surface area contributed by atoms with Gasteiger partial charge in [0.2, 0.25) is 0 Å². The Bertz CT molecular complexity index is 514. The summed E-state index contributed by atoms with van der Waals surface area (Å²) in [5, 5.41) is 0. The van der Waals surface area contributed by atoms with Crippen molar-refractivity contribution < 1.29 is 8.42 Å². The Balaban J connectivity index is 2.21. The molecule has 1 heterocycles. The molecule has 0 radical (unpaired) electrons. The van der Waals surface area contributed by atoms with E-state index in [1.165, 1.54) is 0 Å². The SMILES string of the molecule is CC(N)C(c1ccccc1)N(C)C1CCS(=O)(=O)C1. The predicted octanol–water partition coefficient (Wildman–Crippen LogP) is 1.19. The molecule has 4 nitrogen and oxygen atoms in total. The molecule has 0 amide bonds. The standard InChI is InChI=1S/C14H22N2O2S/c1-11(15)14(12-6-4-3-5-7-12)16(2)13-8-9-19(17,18)10-13/h3-7,11,13-14H,8-10,15H2,1-2H3. The van der Waals surface area contributed by atoms with Crippen LogP contribution >= 0.6 is 0 Å². The van der Waals surface area contributed by atoms with E-state index < -0.39 is 9.84 Å². The summed E-state index contributed by atoms with van der Waals surface area (Å²) in [5.41, 5.74) is 7.26. The van der Waals surface area contributed by atoms with Gasteiger partial charge in [-0.3, -0.25) is 4.90 Å². The first-order valence-electron chi connectivity index (χ1n) is 6.63. The number of hydrogen-bond acceptors (Lipinski definition) is 4. The molecule has 1 aliphatic rings. The monoisotopic (exact) mass is 282 g/mol. The van der Waals surface area contributed by atoms with Gasteiger partial charge in [0.05, 0.1) is 11.5 Å². The normalized spacial score (nSPS) is 25.4. The van der Waals surface area contributed by atoms with Gasteiger partial charge in [0.1, 0.15) is 0 Å². The van der Waals surface area contributed by atoms with Crippen molar-refractivity contribution in [3.05, 3.63) is 35.9 Å². The first kappa shape index (κ1) is 14.5. The maximum absolute atomic E-state index is 11.6. The van der Waals surface area contributed by atoms with Gasteiger partial charge < -0.3 is 5.73 Å². The number of nitrogens with zero attached hydrogens (tertiary/aromatic N) is 1. The van der Waals surface area contributed by atoms with E-state index in [0.717, 1.165) is 5.56 Å². The van der Waals surface area contributed by atoms with E-state index in [1.54, 1.807) is 0 Å². The van der Waals surface area contributed by atoms with E-state index in [4.69, 9.17) is 5.73 Å². The largest absolute Gasteiger partial charge is 0.326 e. The van der Waals surface area contributed by atoms with E-state index in [0.29, 0.717) is 12.2 Å². The molecule has 1 aliphatic heterocycles. The summed E-state index contributed by atoms with van der Waals surface area (Å²) in [6, 6.07) is 10.1. The van der Waals surface area contributed by atoms with Crippen molar-refractivity contribution in [1.82, 2.24) is 4.90 Å². The summed E-state index contributed by atoms with van der Waals surface area (Å²) in [5.74, 6) is 0.544. The molecule has 5 heteroatoms. The van der Waals surface area contributed by atoms with Gasteiger partial charge >= 0.3 is 0 Å². The third-order valence-electron chi connectivity index (χ3n) is 3.86. The highest BCUT2D eigenvalue weighted by Gasteiger charge is 2.35. The van der Waals surface area contributed by atoms with Crippen LogP contribution in [0.2, 0.25) is 0 Å². The molecule has 0 bridgehead atoms. The molecule has 2 N–H and O–H groups in total. The molecule has 0 aromatic heterocycles. The lowest BCUT2D eigenvalue weighted by molar-refractivity contribution is 0.168. The van der Waals surface area contributed by atoms with Crippen LogP contribution in [-0.2, 0) is 9.84 Å². The molecule has 1 aromatic carbocycles. The molecule has 0 aliphatic carbocycles. The maximum atomic E-state index is 11.6. The lowest BCUT2D eigenvalue weighted by Crippen LogP contribution is -2.43. The summed E-state index contributed by atoms with van der Waals surface area (Å²) in [4.78, 5) is 2.13. The summed E-state index contributed by atoms with van der Waals surface area (Å²) >= 11 is 0. The fraction of sp³-hybridized carbons (Fsp3) is 0.571. The van der Waals surface area contributed by atoms with Crippen LogP contribution < -0.4 is 5.73 Å². The smallest absolute Gasteiger partial charge is 0.151 e. The van der Waals surface area contributed by atoms with Crippen LogP contribution in [0.25, 0.3) is 0 Å². The molecule has 1 aromatic rings. The van der Waals surface area contributed by atoms with E-state index >= 15 is 0 Å².